The molecule has 2 atom stereocenters. The van der Waals surface area contributed by atoms with Crippen LogP contribution in [0.1, 0.15) is 52.9 Å². The lowest BCUT2D eigenvalue weighted by Gasteiger charge is -2.28. The van der Waals surface area contributed by atoms with Crippen LogP contribution in [0.3, 0.4) is 0 Å². The number of benzene rings is 3. The average molecular weight is 685 g/mol. The van der Waals surface area contributed by atoms with Crippen LogP contribution in [0, 0.1) is 0 Å². The summed E-state index contributed by atoms with van der Waals surface area (Å²) in [5.74, 6) is -0.552. The van der Waals surface area contributed by atoms with Gasteiger partial charge in [-0.1, -0.05) is 61.9 Å². The van der Waals surface area contributed by atoms with Crippen molar-refractivity contribution >= 4 is 39.0 Å². The zero-order valence-electron chi connectivity index (χ0n) is 26.8. The Morgan fingerprint density at radius 2 is 1.79 bits per heavy atom. The van der Waals surface area contributed by atoms with E-state index in [1.165, 1.54) is 10.4 Å². The summed E-state index contributed by atoms with van der Waals surface area (Å²) < 4.78 is 75.0. The molecule has 1 aliphatic heterocycles. The molecule has 4 aromatic rings. The Balaban J connectivity index is 1.46. The number of anilines is 1. The van der Waals surface area contributed by atoms with Crippen molar-refractivity contribution in [3.63, 3.8) is 0 Å². The van der Waals surface area contributed by atoms with Crippen LogP contribution in [-0.4, -0.2) is 56.4 Å². The Hall–Kier alpha value is -4.36. The Kier molecular flexibility index (Phi) is 10.8. The molecular formula is C35H39F3N4O5S. The molecule has 0 unspecified atom stereocenters. The number of carbonyl (C=O) groups is 2. The molecule has 1 aromatic heterocycles. The van der Waals surface area contributed by atoms with Gasteiger partial charge in [0.2, 0.25) is 10.0 Å². The zero-order chi connectivity index (χ0) is 34.5. The number of alkyl halides is 3. The molecule has 0 aliphatic carbocycles. The van der Waals surface area contributed by atoms with Crippen LogP contribution in [0.4, 0.5) is 18.9 Å². The van der Waals surface area contributed by atoms with Gasteiger partial charge in [-0.3, -0.25) is 13.9 Å². The maximum Gasteiger partial charge on any atom is 0.416 e. The maximum absolute atomic E-state index is 14.1. The highest BCUT2D eigenvalue weighted by molar-refractivity contribution is 7.92. The van der Waals surface area contributed by atoms with Gasteiger partial charge in [-0.15, -0.1) is 0 Å². The fourth-order valence-electron chi connectivity index (χ4n) is 6.26. The van der Waals surface area contributed by atoms with E-state index in [1.54, 1.807) is 25.1 Å². The van der Waals surface area contributed by atoms with Gasteiger partial charge in [0.25, 0.3) is 12.4 Å². The summed E-state index contributed by atoms with van der Waals surface area (Å²) >= 11 is 0. The van der Waals surface area contributed by atoms with Gasteiger partial charge in [-0.25, -0.2) is 8.42 Å². The molecule has 9 nitrogen and oxygen atoms in total. The summed E-state index contributed by atoms with van der Waals surface area (Å²) in [5, 5.41) is 6.89. The largest absolute Gasteiger partial charge is 0.461 e. The van der Waals surface area contributed by atoms with Crippen molar-refractivity contribution in [1.82, 2.24) is 15.2 Å². The monoisotopic (exact) mass is 684 g/mol. The maximum atomic E-state index is 14.1. The predicted octanol–water partition coefficient (Wildman–Crippen LogP) is 5.45. The van der Waals surface area contributed by atoms with E-state index in [4.69, 9.17) is 4.74 Å². The van der Waals surface area contributed by atoms with Gasteiger partial charge in [-0.2, -0.15) is 13.2 Å². The first-order valence-electron chi connectivity index (χ1n) is 15.9. The van der Waals surface area contributed by atoms with Crippen molar-refractivity contribution in [2.75, 3.05) is 23.1 Å². The van der Waals surface area contributed by atoms with Crippen LogP contribution < -0.4 is 14.9 Å². The first-order valence-corrected chi connectivity index (χ1v) is 17.5. The van der Waals surface area contributed by atoms with E-state index in [1.807, 2.05) is 41.1 Å². The predicted molar refractivity (Wildman–Crippen MR) is 178 cm³/mol. The lowest BCUT2D eigenvalue weighted by atomic mass is 9.99. The molecule has 3 aromatic carbocycles. The number of aromatic nitrogens is 1. The van der Waals surface area contributed by atoms with E-state index in [-0.39, 0.29) is 43.8 Å². The standard InChI is InChI=1S/C35H39F3N4O5S/c1-3-9-26-22-41-14-15-48(45,46)42(4-2)31-19-27(18-29(26)33(31)41)34(44)40-30(17-24-10-6-5-7-11-24)32(47-23-43)21-39-20-25-12-8-13-28(16-25)35(36,37)38/h5-8,10-13,16,18-19,22-23,30,32,39H,3-4,9,14-15,17,20-21H2,1-2H3,(H,40,44)/t30-,32+/m0/s1. The van der Waals surface area contributed by atoms with Crippen LogP contribution >= 0.6 is 0 Å². The van der Waals surface area contributed by atoms with E-state index >= 15 is 0 Å². The number of halogens is 3. The van der Waals surface area contributed by atoms with Crippen molar-refractivity contribution in [2.45, 2.75) is 64.5 Å². The molecule has 48 heavy (non-hydrogen) atoms. The minimum absolute atomic E-state index is 0.0302. The van der Waals surface area contributed by atoms with Gasteiger partial charge in [0.15, 0.2) is 0 Å². The van der Waals surface area contributed by atoms with Gasteiger partial charge < -0.3 is 19.9 Å². The van der Waals surface area contributed by atoms with Crippen molar-refractivity contribution < 1.29 is 35.9 Å². The molecule has 13 heteroatoms. The van der Waals surface area contributed by atoms with Crippen LogP contribution in [0.2, 0.25) is 0 Å². The first-order chi connectivity index (χ1) is 22.9. The van der Waals surface area contributed by atoms with Crippen molar-refractivity contribution in [3.05, 3.63) is 101 Å². The summed E-state index contributed by atoms with van der Waals surface area (Å²) in [4.78, 5) is 25.7. The number of ether oxygens (including phenoxy) is 1. The van der Waals surface area contributed by atoms with E-state index in [9.17, 15) is 31.2 Å². The van der Waals surface area contributed by atoms with E-state index in [2.05, 4.69) is 17.6 Å². The SMILES string of the molecule is CCCc1cn2c3c(cc(C(=O)N[C@@H](Cc4ccccc4)[C@@H](CNCc4cccc(C(F)(F)F)c4)OC=O)cc13)N(CC)S(=O)(=O)CC2. The van der Waals surface area contributed by atoms with Crippen LogP contribution in [0.15, 0.2) is 72.9 Å². The fraction of sp³-hybridized carbons (Fsp3) is 0.371. The van der Waals surface area contributed by atoms with Crippen molar-refractivity contribution in [1.29, 1.82) is 0 Å². The topological polar surface area (TPSA) is 110 Å². The molecule has 0 fully saturated rings. The van der Waals surface area contributed by atoms with Gasteiger partial charge >= 0.3 is 6.18 Å². The second kappa shape index (κ2) is 14.8. The van der Waals surface area contributed by atoms with Crippen molar-refractivity contribution in [2.24, 2.45) is 0 Å². The Morgan fingerprint density at radius 1 is 1.04 bits per heavy atom. The molecular weight excluding hydrogens is 645 g/mol. The number of hydrogen-bond donors (Lipinski definition) is 2. The van der Waals surface area contributed by atoms with E-state index in [0.717, 1.165) is 47.0 Å². The second-order valence-corrected chi connectivity index (χ2v) is 13.9. The molecule has 1 amide bonds. The molecule has 0 spiro atoms. The Bertz CT molecular complexity index is 1860. The lowest BCUT2D eigenvalue weighted by molar-refractivity contribution is -0.137. The lowest BCUT2D eigenvalue weighted by Crippen LogP contribution is -2.50. The van der Waals surface area contributed by atoms with Crippen LogP contribution in [-0.2, 0) is 51.7 Å². The van der Waals surface area contributed by atoms with Crippen LogP contribution in [0.5, 0.6) is 0 Å². The highest BCUT2D eigenvalue weighted by Crippen LogP contribution is 2.37. The number of aryl methyl sites for hydroxylation is 2. The number of carbonyl (C=O) groups excluding carboxylic acids is 2. The molecule has 5 rings (SSSR count). The molecule has 0 saturated heterocycles. The Labute approximate surface area is 278 Å². The average Bonchev–Trinajstić information content (AvgIpc) is 3.35. The molecule has 256 valence electrons. The quantitative estimate of drug-likeness (QED) is 0.171. The zero-order valence-corrected chi connectivity index (χ0v) is 27.6. The smallest absolute Gasteiger partial charge is 0.416 e. The third-order valence-electron chi connectivity index (χ3n) is 8.52. The van der Waals surface area contributed by atoms with Gasteiger partial charge in [0.05, 0.1) is 28.6 Å². The normalized spacial score (nSPS) is 15.5. The van der Waals surface area contributed by atoms with Crippen LogP contribution in [0.25, 0.3) is 10.9 Å². The number of nitrogens with zero attached hydrogens (tertiary/aromatic N) is 2. The minimum atomic E-state index is -4.48. The fourth-order valence-corrected chi connectivity index (χ4v) is 7.74. The van der Waals surface area contributed by atoms with E-state index in [0.29, 0.717) is 17.8 Å². The molecule has 1 aliphatic rings. The molecule has 0 bridgehead atoms. The van der Waals surface area contributed by atoms with E-state index < -0.39 is 39.8 Å². The number of amides is 1. The number of sulfonamides is 1. The highest BCUT2D eigenvalue weighted by Gasteiger charge is 2.32. The van der Waals surface area contributed by atoms with Crippen molar-refractivity contribution in [3.8, 4) is 0 Å². The first kappa shape index (κ1) is 35.0. The molecule has 2 heterocycles. The summed E-state index contributed by atoms with van der Waals surface area (Å²) in [6, 6.07) is 16.8. The second-order valence-electron chi connectivity index (χ2n) is 11.8. The van der Waals surface area contributed by atoms with Gasteiger partial charge in [-0.05, 0) is 54.7 Å². The molecule has 2 N–H and O–H groups in total. The van der Waals surface area contributed by atoms with Gasteiger partial charge in [0.1, 0.15) is 6.10 Å². The van der Waals surface area contributed by atoms with Gasteiger partial charge in [0, 0.05) is 43.3 Å². The number of hydrogen-bond acceptors (Lipinski definition) is 6. The molecule has 0 radical (unpaired) electrons. The number of rotatable bonds is 14. The summed E-state index contributed by atoms with van der Waals surface area (Å²) in [5.41, 5.74) is 2.94. The summed E-state index contributed by atoms with van der Waals surface area (Å²) in [6.07, 6.45) is -1.53. The minimum Gasteiger partial charge on any atom is -0.461 e. The molecule has 0 saturated carbocycles. The highest BCUT2D eigenvalue weighted by atomic mass is 32.2. The summed E-state index contributed by atoms with van der Waals surface area (Å²) in [7, 11) is -3.64. The number of nitrogens with one attached hydrogen (secondary N) is 2. The third-order valence-corrected chi connectivity index (χ3v) is 10.3. The Morgan fingerprint density at radius 3 is 2.48 bits per heavy atom. The summed E-state index contributed by atoms with van der Waals surface area (Å²) in [6.45, 7) is 4.68. The third kappa shape index (κ3) is 7.84.